The van der Waals surface area contributed by atoms with Crippen LogP contribution in [0, 0.1) is 0 Å². The summed E-state index contributed by atoms with van der Waals surface area (Å²) in [7, 11) is 3.94. The molecule has 2 aromatic heterocycles. The van der Waals surface area contributed by atoms with Gasteiger partial charge in [0.1, 0.15) is 23.5 Å². The van der Waals surface area contributed by atoms with Crippen molar-refractivity contribution in [2.75, 3.05) is 50.5 Å². The molecule has 34 heavy (non-hydrogen) atoms. The first-order valence-electron chi connectivity index (χ1n) is 11.8. The molecule has 0 unspecified atom stereocenters. The summed E-state index contributed by atoms with van der Waals surface area (Å²) < 4.78 is 6.31. The minimum absolute atomic E-state index is 0.0139. The van der Waals surface area contributed by atoms with Gasteiger partial charge in [0.15, 0.2) is 0 Å². The molecule has 2 N–H and O–H groups in total. The maximum absolute atomic E-state index is 13.3. The lowest BCUT2D eigenvalue weighted by Crippen LogP contribution is -2.33. The fourth-order valence-electron chi connectivity index (χ4n) is 4.05. The quantitative estimate of drug-likeness (QED) is 0.449. The molecule has 0 spiro atoms. The summed E-state index contributed by atoms with van der Waals surface area (Å²) in [4.78, 5) is 23.2. The Morgan fingerprint density at radius 2 is 1.97 bits per heavy atom. The van der Waals surface area contributed by atoms with E-state index < -0.39 is 0 Å². The van der Waals surface area contributed by atoms with Crippen molar-refractivity contribution in [1.82, 2.24) is 15.2 Å². The van der Waals surface area contributed by atoms with Gasteiger partial charge in [0.25, 0.3) is 5.91 Å². The number of likely N-dealkylation sites (N-methyl/N-ethyl adjacent to an activating group) is 1. The van der Waals surface area contributed by atoms with Gasteiger partial charge in [-0.05, 0) is 61.8 Å². The molecule has 3 aromatic rings. The molecule has 180 valence electrons. The zero-order valence-electron chi connectivity index (χ0n) is 20.1. The van der Waals surface area contributed by atoms with Gasteiger partial charge in [0, 0.05) is 44.5 Å². The summed E-state index contributed by atoms with van der Waals surface area (Å²) in [6, 6.07) is 16.0. The van der Waals surface area contributed by atoms with Crippen molar-refractivity contribution in [2.45, 2.75) is 26.0 Å². The van der Waals surface area contributed by atoms with Gasteiger partial charge in [-0.15, -0.1) is 11.3 Å². The van der Waals surface area contributed by atoms with Crippen LogP contribution in [-0.4, -0.2) is 56.1 Å². The third kappa shape index (κ3) is 5.69. The summed E-state index contributed by atoms with van der Waals surface area (Å²) >= 11 is 1.72. The number of pyridine rings is 1. The fourth-order valence-corrected chi connectivity index (χ4v) is 4.84. The van der Waals surface area contributed by atoms with E-state index in [1.54, 1.807) is 11.3 Å². The lowest BCUT2D eigenvalue weighted by Gasteiger charge is -2.22. The Labute approximate surface area is 205 Å². The summed E-state index contributed by atoms with van der Waals surface area (Å²) in [6.45, 7) is 5.64. The number of aromatic nitrogens is 1. The first kappa shape index (κ1) is 24.0. The molecule has 0 fully saturated rings. The Kier molecular flexibility index (Phi) is 8.03. The van der Waals surface area contributed by atoms with Crippen molar-refractivity contribution in [3.63, 3.8) is 0 Å². The number of hydrogen-bond donors (Lipinski definition) is 2. The number of fused-ring (bicyclic) bond motifs is 1. The second kappa shape index (κ2) is 11.4. The highest BCUT2D eigenvalue weighted by Crippen LogP contribution is 2.29. The fraction of sp³-hybridized carbons (Fsp3) is 0.385. The Morgan fingerprint density at radius 3 is 2.68 bits per heavy atom. The predicted octanol–water partition coefficient (Wildman–Crippen LogP) is 4.40. The van der Waals surface area contributed by atoms with E-state index in [4.69, 9.17) is 4.74 Å². The molecule has 0 aliphatic carbocycles. The average Bonchev–Trinajstić information content (AvgIpc) is 3.36. The third-order valence-electron chi connectivity index (χ3n) is 5.91. The lowest BCUT2D eigenvalue weighted by molar-refractivity contribution is 0.0754. The zero-order chi connectivity index (χ0) is 23.9. The van der Waals surface area contributed by atoms with Gasteiger partial charge in [-0.25, -0.2) is 4.98 Å². The number of rotatable bonds is 10. The van der Waals surface area contributed by atoms with Crippen molar-refractivity contribution in [2.24, 2.45) is 0 Å². The number of anilines is 2. The van der Waals surface area contributed by atoms with Crippen LogP contribution in [0.2, 0.25) is 0 Å². The Balaban J connectivity index is 1.45. The molecule has 4 rings (SSSR count). The largest absolute Gasteiger partial charge is 0.485 e. The van der Waals surface area contributed by atoms with Crippen molar-refractivity contribution < 1.29 is 9.53 Å². The topological polar surface area (TPSA) is 69.7 Å². The Morgan fingerprint density at radius 1 is 1.15 bits per heavy atom. The summed E-state index contributed by atoms with van der Waals surface area (Å²) in [5.41, 5.74) is 1.72. The molecular formula is C26H33N5O2S. The van der Waals surface area contributed by atoms with Crippen LogP contribution in [0.25, 0.3) is 0 Å². The van der Waals surface area contributed by atoms with Crippen LogP contribution in [0.1, 0.15) is 40.2 Å². The lowest BCUT2D eigenvalue weighted by atomic mass is 10.1. The van der Waals surface area contributed by atoms with Crippen LogP contribution in [-0.2, 0) is 6.54 Å². The van der Waals surface area contributed by atoms with Gasteiger partial charge in [-0.3, -0.25) is 4.79 Å². The smallest absolute Gasteiger partial charge is 0.257 e. The summed E-state index contributed by atoms with van der Waals surface area (Å²) in [5.74, 6) is 2.38. The number of carbonyl (C=O) groups is 1. The van der Waals surface area contributed by atoms with Crippen molar-refractivity contribution in [3.05, 3.63) is 69.9 Å². The molecule has 0 saturated heterocycles. The van der Waals surface area contributed by atoms with Crippen molar-refractivity contribution in [3.8, 4) is 5.75 Å². The highest BCUT2D eigenvalue weighted by atomic mass is 32.1. The summed E-state index contributed by atoms with van der Waals surface area (Å²) in [5, 5.41) is 8.51. The predicted molar refractivity (Wildman–Crippen MR) is 139 cm³/mol. The monoisotopic (exact) mass is 479 g/mol. The molecule has 3 heterocycles. The van der Waals surface area contributed by atoms with E-state index >= 15 is 0 Å². The normalized spacial score (nSPS) is 14.5. The standard InChI is InChI=1S/C26H33N5O2S/c1-4-28-24-12-11-21-25(29-24)30(3)15-16-31(26(21)32)18-19-7-9-20(10-8-19)33-22(13-14-27-2)23-6-5-17-34-23/h5-12,17,22,27H,4,13-16,18H2,1-3H3,(H,28,29)/t22-/m0/s1. The number of carbonyl (C=O) groups excluding carboxylic acids is 1. The summed E-state index contributed by atoms with van der Waals surface area (Å²) in [6.07, 6.45) is 0.925. The van der Waals surface area contributed by atoms with E-state index in [0.717, 1.165) is 49.0 Å². The van der Waals surface area contributed by atoms with Crippen LogP contribution in [0.3, 0.4) is 0 Å². The van der Waals surface area contributed by atoms with Gasteiger partial charge in [0.05, 0.1) is 5.56 Å². The molecule has 1 aromatic carbocycles. The number of amides is 1. The van der Waals surface area contributed by atoms with Crippen LogP contribution in [0.15, 0.2) is 53.9 Å². The first-order chi connectivity index (χ1) is 16.6. The van der Waals surface area contributed by atoms with Gasteiger partial charge in [-0.2, -0.15) is 0 Å². The maximum atomic E-state index is 13.3. The maximum Gasteiger partial charge on any atom is 0.257 e. The van der Waals surface area contributed by atoms with E-state index in [1.165, 1.54) is 4.88 Å². The van der Waals surface area contributed by atoms with Crippen LogP contribution in [0.4, 0.5) is 11.6 Å². The van der Waals surface area contributed by atoms with Gasteiger partial charge in [-0.1, -0.05) is 18.2 Å². The molecule has 0 radical (unpaired) electrons. The van der Waals surface area contributed by atoms with E-state index in [2.05, 4.69) is 38.0 Å². The number of benzene rings is 1. The molecule has 1 aliphatic rings. The minimum atomic E-state index is 0.0139. The SMILES string of the molecule is CCNc1ccc2c(n1)N(C)CCN(Cc1ccc(O[C@@H](CCNC)c3cccs3)cc1)C2=O. The minimum Gasteiger partial charge on any atom is -0.485 e. The number of nitrogens with one attached hydrogen (secondary N) is 2. The van der Waals surface area contributed by atoms with E-state index in [0.29, 0.717) is 18.7 Å². The second-order valence-electron chi connectivity index (χ2n) is 8.40. The molecule has 1 aliphatic heterocycles. The number of nitrogens with zero attached hydrogens (tertiary/aromatic N) is 3. The van der Waals surface area contributed by atoms with E-state index in [-0.39, 0.29) is 12.0 Å². The number of ether oxygens (including phenoxy) is 1. The molecule has 8 heteroatoms. The first-order valence-corrected chi connectivity index (χ1v) is 12.7. The molecule has 1 amide bonds. The van der Waals surface area contributed by atoms with Gasteiger partial charge < -0.3 is 25.2 Å². The highest BCUT2D eigenvalue weighted by Gasteiger charge is 2.26. The number of hydrogen-bond acceptors (Lipinski definition) is 7. The molecular weight excluding hydrogens is 446 g/mol. The van der Waals surface area contributed by atoms with Crippen molar-refractivity contribution >= 4 is 28.9 Å². The van der Waals surface area contributed by atoms with E-state index in [1.807, 2.05) is 62.3 Å². The molecule has 1 atom stereocenters. The van der Waals surface area contributed by atoms with Crippen LogP contribution in [0.5, 0.6) is 5.75 Å². The number of thiophene rings is 1. The van der Waals surface area contributed by atoms with E-state index in [9.17, 15) is 4.79 Å². The van der Waals surface area contributed by atoms with Gasteiger partial charge in [0.2, 0.25) is 0 Å². The van der Waals surface area contributed by atoms with Crippen LogP contribution < -0.4 is 20.3 Å². The third-order valence-corrected chi connectivity index (χ3v) is 6.87. The average molecular weight is 480 g/mol. The zero-order valence-corrected chi connectivity index (χ0v) is 20.9. The molecule has 7 nitrogen and oxygen atoms in total. The second-order valence-corrected chi connectivity index (χ2v) is 9.38. The van der Waals surface area contributed by atoms with Gasteiger partial charge >= 0.3 is 0 Å². The molecule has 0 bridgehead atoms. The molecule has 0 saturated carbocycles. The van der Waals surface area contributed by atoms with Crippen LogP contribution >= 0.6 is 11.3 Å². The Hall–Kier alpha value is -3.10. The van der Waals surface area contributed by atoms with Crippen molar-refractivity contribution in [1.29, 1.82) is 0 Å². The Bertz CT molecular complexity index is 1070. The highest BCUT2D eigenvalue weighted by molar-refractivity contribution is 7.10.